The lowest BCUT2D eigenvalue weighted by molar-refractivity contribution is -0.131. The largest absolute Gasteiger partial charge is 0.462 e. The molecule has 1 amide bonds. The summed E-state index contributed by atoms with van der Waals surface area (Å²) < 4.78 is 20.1. The summed E-state index contributed by atoms with van der Waals surface area (Å²) in [5, 5.41) is 10.3. The molecule has 8 nitrogen and oxygen atoms in total. The minimum atomic E-state index is -1.01. The highest BCUT2D eigenvalue weighted by Crippen LogP contribution is 2.50. The van der Waals surface area contributed by atoms with Crippen LogP contribution in [0.5, 0.6) is 6.01 Å². The fourth-order valence-corrected chi connectivity index (χ4v) is 7.65. The molecule has 0 bridgehead atoms. The van der Waals surface area contributed by atoms with Gasteiger partial charge in [-0.1, -0.05) is 36.4 Å². The van der Waals surface area contributed by atoms with Crippen molar-refractivity contribution >= 4 is 28.9 Å². The van der Waals surface area contributed by atoms with E-state index in [0.29, 0.717) is 38.2 Å². The molecule has 2 fully saturated rings. The molecule has 1 aromatic heterocycles. The number of likely N-dealkylation sites (tertiary alicyclic amines) is 1. The first-order valence-electron chi connectivity index (χ1n) is 14.7. The molecule has 2 aromatic rings. The molecule has 220 valence electrons. The minimum Gasteiger partial charge on any atom is -0.462 e. The lowest BCUT2D eigenvalue weighted by atomic mass is 9.70. The normalized spacial score (nSPS) is 25.2. The Morgan fingerprint density at radius 2 is 2.12 bits per heavy atom. The van der Waals surface area contributed by atoms with E-state index in [0.717, 1.165) is 59.9 Å². The summed E-state index contributed by atoms with van der Waals surface area (Å²) >= 11 is 6.65. The Balaban J connectivity index is 1.36. The van der Waals surface area contributed by atoms with Crippen LogP contribution in [-0.2, 0) is 23.1 Å². The maximum absolute atomic E-state index is 13.8. The van der Waals surface area contributed by atoms with E-state index in [-0.39, 0.29) is 18.4 Å². The van der Waals surface area contributed by atoms with Crippen LogP contribution in [0, 0.1) is 11.3 Å². The molecule has 0 N–H and O–H groups in total. The van der Waals surface area contributed by atoms with Crippen molar-refractivity contribution in [1.29, 1.82) is 5.26 Å². The number of halogens is 2. The van der Waals surface area contributed by atoms with Crippen molar-refractivity contribution in [2.75, 3.05) is 44.7 Å². The van der Waals surface area contributed by atoms with Crippen molar-refractivity contribution < 1.29 is 13.9 Å². The number of anilines is 1. The summed E-state index contributed by atoms with van der Waals surface area (Å²) in [4.78, 5) is 28.3. The van der Waals surface area contributed by atoms with Crippen molar-refractivity contribution in [3.8, 4) is 12.1 Å². The van der Waals surface area contributed by atoms with Crippen molar-refractivity contribution in [3.05, 3.63) is 64.1 Å². The third kappa shape index (κ3) is 5.05. The first-order valence-corrected chi connectivity index (χ1v) is 15.1. The van der Waals surface area contributed by atoms with E-state index >= 15 is 0 Å². The van der Waals surface area contributed by atoms with Gasteiger partial charge in [0.15, 0.2) is 5.83 Å². The zero-order valence-electron chi connectivity index (χ0n) is 24.2. The molecular formula is C32H36ClFN6O2. The third-order valence-corrected chi connectivity index (χ3v) is 9.78. The summed E-state index contributed by atoms with van der Waals surface area (Å²) in [6.45, 7) is 7.96. The number of nitriles is 1. The van der Waals surface area contributed by atoms with Gasteiger partial charge in [0.2, 0.25) is 0 Å². The SMILES string of the molecule is C=C(F)C(=O)N1CCN(c2nc(OC[C@@H]3CCCN3C)nc3c2CC[C@]2(C=C(C)c4c(Cl)cccc42)C3)C[C@@H]1CC#N. The van der Waals surface area contributed by atoms with Gasteiger partial charge in [0.05, 0.1) is 24.2 Å². The van der Waals surface area contributed by atoms with Crippen LogP contribution in [-0.4, -0.2) is 77.6 Å². The van der Waals surface area contributed by atoms with Gasteiger partial charge in [-0.3, -0.25) is 4.79 Å². The van der Waals surface area contributed by atoms with Gasteiger partial charge in [-0.05, 0) is 69.0 Å². The quantitative estimate of drug-likeness (QED) is 0.444. The second-order valence-electron chi connectivity index (χ2n) is 12.0. The summed E-state index contributed by atoms with van der Waals surface area (Å²) in [5.74, 6) is -0.986. The number of rotatable bonds is 6. The second kappa shape index (κ2) is 11.3. The Morgan fingerprint density at radius 1 is 1.29 bits per heavy atom. The maximum Gasteiger partial charge on any atom is 0.318 e. The molecule has 0 radical (unpaired) electrons. The van der Waals surface area contributed by atoms with Crippen LogP contribution in [0.4, 0.5) is 10.2 Å². The highest BCUT2D eigenvalue weighted by molar-refractivity contribution is 6.32. The minimum absolute atomic E-state index is 0.0882. The molecule has 1 aromatic carbocycles. The average Bonchev–Trinajstić information content (AvgIpc) is 3.51. The Morgan fingerprint density at radius 3 is 2.86 bits per heavy atom. The van der Waals surface area contributed by atoms with Gasteiger partial charge in [-0.15, -0.1) is 0 Å². The number of allylic oxidation sites excluding steroid dienone is 2. The fraction of sp³-hybridized carbons (Fsp3) is 0.500. The Bertz CT molecular complexity index is 1500. The molecule has 2 aliphatic heterocycles. The predicted molar refractivity (Wildman–Crippen MR) is 160 cm³/mol. The molecule has 42 heavy (non-hydrogen) atoms. The summed E-state index contributed by atoms with van der Waals surface area (Å²) in [7, 11) is 2.11. The molecular weight excluding hydrogens is 555 g/mol. The molecule has 3 heterocycles. The number of piperazine rings is 1. The number of ether oxygens (including phenoxy) is 1. The Hall–Kier alpha value is -3.48. The number of aromatic nitrogens is 2. The number of fused-ring (bicyclic) bond motifs is 3. The summed E-state index contributed by atoms with van der Waals surface area (Å²) in [6, 6.07) is 8.49. The second-order valence-corrected chi connectivity index (χ2v) is 12.4. The van der Waals surface area contributed by atoms with Crippen molar-refractivity contribution in [1.82, 2.24) is 19.8 Å². The van der Waals surface area contributed by atoms with Gasteiger partial charge in [0.25, 0.3) is 5.91 Å². The number of likely N-dealkylation sites (N-methyl/N-ethyl adjacent to an activating group) is 1. The highest BCUT2D eigenvalue weighted by atomic mass is 35.5. The first kappa shape index (κ1) is 28.6. The number of benzene rings is 1. The zero-order chi connectivity index (χ0) is 29.6. The van der Waals surface area contributed by atoms with E-state index in [2.05, 4.69) is 48.6 Å². The lowest BCUT2D eigenvalue weighted by Crippen LogP contribution is -2.55. The number of amides is 1. The topological polar surface area (TPSA) is 85.6 Å². The van der Waals surface area contributed by atoms with Gasteiger partial charge in [0.1, 0.15) is 12.4 Å². The van der Waals surface area contributed by atoms with E-state index in [1.54, 1.807) is 0 Å². The fourth-order valence-electron chi connectivity index (χ4n) is 7.33. The van der Waals surface area contributed by atoms with Crippen molar-refractivity contribution in [2.24, 2.45) is 0 Å². The van der Waals surface area contributed by atoms with Gasteiger partial charge < -0.3 is 19.4 Å². The molecule has 3 atom stereocenters. The lowest BCUT2D eigenvalue weighted by Gasteiger charge is -2.42. The molecule has 10 heteroatoms. The van der Waals surface area contributed by atoms with E-state index in [4.69, 9.17) is 26.3 Å². The molecule has 2 saturated heterocycles. The molecule has 1 spiro atoms. The Kier molecular flexibility index (Phi) is 7.71. The smallest absolute Gasteiger partial charge is 0.318 e. The van der Waals surface area contributed by atoms with Crippen LogP contribution >= 0.6 is 11.6 Å². The number of hydrogen-bond donors (Lipinski definition) is 0. The zero-order valence-corrected chi connectivity index (χ0v) is 25.0. The van der Waals surface area contributed by atoms with Gasteiger partial charge in [0, 0.05) is 48.1 Å². The Labute approximate surface area is 251 Å². The van der Waals surface area contributed by atoms with Crippen LogP contribution in [0.25, 0.3) is 5.57 Å². The van der Waals surface area contributed by atoms with E-state index < -0.39 is 17.8 Å². The summed E-state index contributed by atoms with van der Waals surface area (Å²) in [6.07, 6.45) is 7.00. The van der Waals surface area contributed by atoms with Crippen molar-refractivity contribution in [2.45, 2.75) is 62.9 Å². The van der Waals surface area contributed by atoms with Gasteiger partial charge >= 0.3 is 6.01 Å². The van der Waals surface area contributed by atoms with Crippen LogP contribution in [0.1, 0.15) is 55.0 Å². The molecule has 4 aliphatic rings. The van der Waals surface area contributed by atoms with Crippen LogP contribution in [0.3, 0.4) is 0 Å². The first-order chi connectivity index (χ1) is 20.2. The van der Waals surface area contributed by atoms with Gasteiger partial charge in [-0.2, -0.15) is 15.2 Å². The maximum atomic E-state index is 13.8. The van der Waals surface area contributed by atoms with Crippen molar-refractivity contribution in [3.63, 3.8) is 0 Å². The standard InChI is InChI=1S/C32H36ClFN6O2/c1-20-16-32(25-7-4-8-26(33)28(20)25)11-9-24-27(17-32)36-31(42-19-23-6-5-13-38(23)3)37-29(24)39-14-15-40(30(41)21(2)34)22(18-39)10-12-35/h4,7-8,16,22-23H,2,5-6,9-11,13-15,17-19H2,1,3H3/t22-,23-,32-/m0/s1. The number of carbonyl (C=O) groups is 1. The highest BCUT2D eigenvalue weighted by Gasteiger charge is 2.43. The van der Waals surface area contributed by atoms with E-state index in [9.17, 15) is 14.4 Å². The predicted octanol–water partition coefficient (Wildman–Crippen LogP) is 4.86. The summed E-state index contributed by atoms with van der Waals surface area (Å²) in [5.41, 5.74) is 5.35. The third-order valence-electron chi connectivity index (χ3n) is 9.47. The van der Waals surface area contributed by atoms with Crippen LogP contribution in [0.15, 0.2) is 36.7 Å². The molecule has 0 unspecified atom stereocenters. The van der Waals surface area contributed by atoms with Gasteiger partial charge in [-0.25, -0.2) is 4.39 Å². The number of hydrogen-bond acceptors (Lipinski definition) is 7. The van der Waals surface area contributed by atoms with Crippen LogP contribution in [0.2, 0.25) is 5.02 Å². The molecule has 2 aliphatic carbocycles. The molecule has 6 rings (SSSR count). The molecule has 0 saturated carbocycles. The van der Waals surface area contributed by atoms with Crippen LogP contribution < -0.4 is 9.64 Å². The average molecular weight is 591 g/mol. The van der Waals surface area contributed by atoms with E-state index in [1.807, 2.05) is 12.1 Å². The van der Waals surface area contributed by atoms with E-state index in [1.165, 1.54) is 16.0 Å². The monoisotopic (exact) mass is 590 g/mol. The number of carbonyl (C=O) groups excluding carboxylic acids is 1. The number of nitrogens with zero attached hydrogens (tertiary/aromatic N) is 6.